The third kappa shape index (κ3) is 3.78. The summed E-state index contributed by atoms with van der Waals surface area (Å²) in [7, 11) is -3.68. The van der Waals surface area contributed by atoms with E-state index in [-0.39, 0.29) is 16.4 Å². The molecule has 1 saturated heterocycles. The number of sulfonamides is 1. The third-order valence-electron chi connectivity index (χ3n) is 3.21. The summed E-state index contributed by atoms with van der Waals surface area (Å²) >= 11 is 0. The zero-order valence-corrected chi connectivity index (χ0v) is 11.7. The number of ether oxygens (including phenoxy) is 1. The Bertz CT molecular complexity index is 578. The van der Waals surface area contributed by atoms with Crippen LogP contribution in [-0.2, 0) is 14.8 Å². The van der Waals surface area contributed by atoms with Crippen LogP contribution in [0.5, 0.6) is 0 Å². The number of hydrogen-bond acceptors (Lipinski definition) is 4. The molecular weight excluding hydrogens is 282 g/mol. The van der Waals surface area contributed by atoms with Crippen molar-refractivity contribution in [2.24, 2.45) is 5.92 Å². The summed E-state index contributed by atoms with van der Waals surface area (Å²) in [6.07, 6.45) is 1.86. The van der Waals surface area contributed by atoms with Gasteiger partial charge in [0.25, 0.3) is 0 Å². The van der Waals surface area contributed by atoms with Crippen molar-refractivity contribution in [3.05, 3.63) is 29.8 Å². The monoisotopic (exact) mass is 299 g/mol. The molecule has 1 fully saturated rings. The van der Waals surface area contributed by atoms with Gasteiger partial charge < -0.3 is 9.84 Å². The van der Waals surface area contributed by atoms with Gasteiger partial charge in [0.1, 0.15) is 0 Å². The normalized spacial score (nSPS) is 19.7. The van der Waals surface area contributed by atoms with Gasteiger partial charge in [0, 0.05) is 13.2 Å². The number of benzene rings is 1. The summed E-state index contributed by atoms with van der Waals surface area (Å²) in [5, 5.41) is 8.88. The lowest BCUT2D eigenvalue weighted by Crippen LogP contribution is -2.33. The number of carboxylic acid groups (broad SMARTS) is 1. The van der Waals surface area contributed by atoms with Gasteiger partial charge in [-0.1, -0.05) is 6.07 Å². The molecule has 7 heteroatoms. The van der Waals surface area contributed by atoms with Crippen LogP contribution in [0.1, 0.15) is 23.2 Å². The van der Waals surface area contributed by atoms with Crippen LogP contribution in [0.15, 0.2) is 29.2 Å². The van der Waals surface area contributed by atoms with Crippen molar-refractivity contribution in [3.8, 4) is 0 Å². The van der Waals surface area contributed by atoms with E-state index >= 15 is 0 Å². The lowest BCUT2D eigenvalue weighted by molar-refractivity contribution is 0.0568. The molecule has 1 aromatic rings. The molecule has 110 valence electrons. The lowest BCUT2D eigenvalue weighted by atomic mass is 10.0. The van der Waals surface area contributed by atoms with E-state index in [0.29, 0.717) is 13.2 Å². The zero-order chi connectivity index (χ0) is 14.6. The van der Waals surface area contributed by atoms with Crippen LogP contribution in [0.4, 0.5) is 0 Å². The Morgan fingerprint density at radius 1 is 1.45 bits per heavy atom. The Kier molecular flexibility index (Phi) is 4.74. The van der Waals surface area contributed by atoms with Gasteiger partial charge >= 0.3 is 5.97 Å². The van der Waals surface area contributed by atoms with Crippen LogP contribution in [0.2, 0.25) is 0 Å². The first-order valence-corrected chi connectivity index (χ1v) is 7.88. The molecule has 1 aliphatic rings. The van der Waals surface area contributed by atoms with Crippen LogP contribution in [0, 0.1) is 5.92 Å². The highest BCUT2D eigenvalue weighted by Gasteiger charge is 2.20. The van der Waals surface area contributed by atoms with Crippen molar-refractivity contribution in [2.75, 3.05) is 19.8 Å². The third-order valence-corrected chi connectivity index (χ3v) is 4.63. The summed E-state index contributed by atoms with van der Waals surface area (Å²) in [4.78, 5) is 10.8. The van der Waals surface area contributed by atoms with Crippen molar-refractivity contribution < 1.29 is 23.1 Å². The topological polar surface area (TPSA) is 92.7 Å². The van der Waals surface area contributed by atoms with Crippen LogP contribution < -0.4 is 4.72 Å². The molecule has 0 saturated carbocycles. The van der Waals surface area contributed by atoms with Crippen molar-refractivity contribution >= 4 is 16.0 Å². The van der Waals surface area contributed by atoms with Crippen molar-refractivity contribution in [1.29, 1.82) is 0 Å². The molecular formula is C13H17NO5S. The SMILES string of the molecule is O=C(O)c1cccc(S(=O)(=O)NCC2CCCOC2)c1. The Hall–Kier alpha value is -1.44. The number of nitrogens with one attached hydrogen (secondary N) is 1. The average Bonchev–Trinajstić information content (AvgIpc) is 2.46. The first-order valence-electron chi connectivity index (χ1n) is 6.40. The maximum atomic E-state index is 12.1. The molecule has 20 heavy (non-hydrogen) atoms. The van der Waals surface area contributed by atoms with E-state index in [1.807, 2.05) is 0 Å². The Balaban J connectivity index is 2.05. The second-order valence-electron chi connectivity index (χ2n) is 4.77. The minimum absolute atomic E-state index is 0.0332. The van der Waals surface area contributed by atoms with Crippen LogP contribution >= 0.6 is 0 Å². The molecule has 1 unspecified atom stereocenters. The number of hydrogen-bond donors (Lipinski definition) is 2. The van der Waals surface area contributed by atoms with E-state index in [1.165, 1.54) is 18.2 Å². The minimum atomic E-state index is -3.68. The second-order valence-corrected chi connectivity index (χ2v) is 6.54. The summed E-state index contributed by atoms with van der Waals surface area (Å²) in [5.74, 6) is -0.982. The van der Waals surface area contributed by atoms with Crippen LogP contribution in [-0.4, -0.2) is 39.3 Å². The van der Waals surface area contributed by atoms with Gasteiger partial charge in [-0.25, -0.2) is 17.9 Å². The molecule has 1 atom stereocenters. The highest BCUT2D eigenvalue weighted by molar-refractivity contribution is 7.89. The van der Waals surface area contributed by atoms with Crippen molar-refractivity contribution in [1.82, 2.24) is 4.72 Å². The summed E-state index contributed by atoms with van der Waals surface area (Å²) in [6.45, 7) is 1.58. The lowest BCUT2D eigenvalue weighted by Gasteiger charge is -2.22. The molecule has 0 radical (unpaired) electrons. The predicted octanol–water partition coefficient (Wildman–Crippen LogP) is 1.09. The maximum Gasteiger partial charge on any atom is 0.335 e. The molecule has 1 aliphatic heterocycles. The average molecular weight is 299 g/mol. The van der Waals surface area contributed by atoms with Crippen LogP contribution in [0.25, 0.3) is 0 Å². The first-order chi connectivity index (χ1) is 9.49. The van der Waals surface area contributed by atoms with Gasteiger partial charge in [-0.15, -0.1) is 0 Å². The number of rotatable bonds is 5. The molecule has 6 nitrogen and oxygen atoms in total. The summed E-state index contributed by atoms with van der Waals surface area (Å²) in [5.41, 5.74) is -0.0473. The second kappa shape index (κ2) is 6.34. The van der Waals surface area contributed by atoms with Gasteiger partial charge in [0.15, 0.2) is 0 Å². The smallest absolute Gasteiger partial charge is 0.335 e. The fraction of sp³-hybridized carbons (Fsp3) is 0.462. The molecule has 2 N–H and O–H groups in total. The summed E-state index contributed by atoms with van der Waals surface area (Å²) in [6, 6.07) is 5.31. The van der Waals surface area contributed by atoms with Gasteiger partial charge in [-0.05, 0) is 37.0 Å². The standard InChI is InChI=1S/C13H17NO5S/c15-13(16)11-4-1-5-12(7-11)20(17,18)14-8-10-3-2-6-19-9-10/h1,4-5,7,10,14H,2-3,6,8-9H2,(H,15,16). The summed E-state index contributed by atoms with van der Waals surface area (Å²) < 4.78 is 32.0. The fourth-order valence-electron chi connectivity index (χ4n) is 2.08. The van der Waals surface area contributed by atoms with Crippen molar-refractivity contribution in [3.63, 3.8) is 0 Å². The molecule has 1 heterocycles. The van der Waals surface area contributed by atoms with Gasteiger partial charge in [0.2, 0.25) is 10.0 Å². The maximum absolute atomic E-state index is 12.1. The largest absolute Gasteiger partial charge is 0.478 e. The predicted molar refractivity (Wildman–Crippen MR) is 72.1 cm³/mol. The zero-order valence-electron chi connectivity index (χ0n) is 10.9. The number of carboxylic acids is 1. The minimum Gasteiger partial charge on any atom is -0.478 e. The van der Waals surface area contributed by atoms with E-state index in [2.05, 4.69) is 4.72 Å². The quantitative estimate of drug-likeness (QED) is 0.849. The van der Waals surface area contributed by atoms with Gasteiger partial charge in [0.05, 0.1) is 17.1 Å². The molecule has 0 bridgehead atoms. The van der Waals surface area contributed by atoms with Crippen LogP contribution in [0.3, 0.4) is 0 Å². The first kappa shape index (κ1) is 15.0. The molecule has 0 aliphatic carbocycles. The molecule has 0 spiro atoms. The van der Waals surface area contributed by atoms with E-state index in [9.17, 15) is 13.2 Å². The highest BCUT2D eigenvalue weighted by atomic mass is 32.2. The molecule has 0 aromatic heterocycles. The molecule has 1 aromatic carbocycles. The Morgan fingerprint density at radius 3 is 2.90 bits per heavy atom. The number of carbonyl (C=O) groups is 1. The Morgan fingerprint density at radius 2 is 2.25 bits per heavy atom. The Labute approximate surface area is 117 Å². The van der Waals surface area contributed by atoms with E-state index in [0.717, 1.165) is 25.5 Å². The molecule has 2 rings (SSSR count). The van der Waals surface area contributed by atoms with Crippen molar-refractivity contribution in [2.45, 2.75) is 17.7 Å². The van der Waals surface area contributed by atoms with Gasteiger partial charge in [-0.3, -0.25) is 0 Å². The molecule has 0 amide bonds. The van der Waals surface area contributed by atoms with E-state index < -0.39 is 16.0 Å². The van der Waals surface area contributed by atoms with Gasteiger partial charge in [-0.2, -0.15) is 0 Å². The highest BCUT2D eigenvalue weighted by Crippen LogP contribution is 2.15. The van der Waals surface area contributed by atoms with E-state index in [1.54, 1.807) is 0 Å². The number of aromatic carboxylic acids is 1. The fourth-order valence-corrected chi connectivity index (χ4v) is 3.24. The van der Waals surface area contributed by atoms with E-state index in [4.69, 9.17) is 9.84 Å².